The molecule has 0 aliphatic carbocycles. The fourth-order valence-corrected chi connectivity index (χ4v) is 4.02. The van der Waals surface area contributed by atoms with Crippen LogP contribution in [0.25, 0.3) is 0 Å². The van der Waals surface area contributed by atoms with E-state index in [1.165, 1.54) is 3.57 Å². The molecule has 2 atom stereocenters. The average Bonchev–Trinajstić information content (AvgIpc) is 2.74. The zero-order chi connectivity index (χ0) is 15.7. The van der Waals surface area contributed by atoms with Crippen molar-refractivity contribution >= 4 is 36.6 Å². The Morgan fingerprint density at radius 1 is 1.29 bits per heavy atom. The van der Waals surface area contributed by atoms with E-state index in [9.17, 15) is 0 Å². The average molecular weight is 419 g/mol. The van der Waals surface area contributed by atoms with Gasteiger partial charge in [0.05, 0.1) is 25.4 Å². The summed E-state index contributed by atoms with van der Waals surface area (Å²) >= 11 is 2.33. The number of ether oxygens (including phenoxy) is 1. The third-order valence-corrected chi connectivity index (χ3v) is 9.63. The molecule has 0 aromatic heterocycles. The molecule has 0 bridgehead atoms. The first-order valence-corrected chi connectivity index (χ1v) is 11.5. The third kappa shape index (κ3) is 4.43. The molecule has 1 aliphatic heterocycles. The third-order valence-electron chi connectivity index (χ3n) is 4.46. The van der Waals surface area contributed by atoms with Crippen LogP contribution >= 0.6 is 22.6 Å². The van der Waals surface area contributed by atoms with Crippen LogP contribution in [-0.2, 0) is 9.16 Å². The van der Waals surface area contributed by atoms with Gasteiger partial charge in [-0.2, -0.15) is 0 Å². The normalized spacial score (nSPS) is 23.3. The smallest absolute Gasteiger partial charge is 0.192 e. The van der Waals surface area contributed by atoms with Crippen LogP contribution in [0.5, 0.6) is 0 Å². The Kier molecular flexibility index (Phi) is 5.39. The molecule has 2 rings (SSSR count). The van der Waals surface area contributed by atoms with Crippen LogP contribution in [-0.4, -0.2) is 33.7 Å². The first-order valence-electron chi connectivity index (χ1n) is 7.47. The Balaban J connectivity index is 2.04. The molecule has 1 saturated heterocycles. The second-order valence-corrected chi connectivity index (χ2v) is 13.2. The largest absolute Gasteiger partial charge is 0.409 e. The Hall–Kier alpha value is -0.113. The molecular formula is C16H26INO2Si. The van der Waals surface area contributed by atoms with Crippen molar-refractivity contribution in [1.82, 2.24) is 0 Å². The lowest BCUT2D eigenvalue weighted by molar-refractivity contribution is 0.131. The van der Waals surface area contributed by atoms with Crippen molar-refractivity contribution in [2.24, 2.45) is 0 Å². The molecule has 1 aliphatic rings. The number of benzene rings is 1. The van der Waals surface area contributed by atoms with Crippen LogP contribution in [0.3, 0.4) is 0 Å². The van der Waals surface area contributed by atoms with Crippen LogP contribution in [0.2, 0.25) is 18.1 Å². The summed E-state index contributed by atoms with van der Waals surface area (Å²) in [6.45, 7) is 12.8. The molecule has 0 amide bonds. The lowest BCUT2D eigenvalue weighted by Crippen LogP contribution is -2.48. The zero-order valence-corrected chi connectivity index (χ0v) is 16.7. The van der Waals surface area contributed by atoms with E-state index in [0.717, 1.165) is 5.69 Å². The van der Waals surface area contributed by atoms with E-state index in [2.05, 4.69) is 86.0 Å². The van der Waals surface area contributed by atoms with Crippen molar-refractivity contribution in [1.29, 1.82) is 0 Å². The molecule has 0 spiro atoms. The molecule has 21 heavy (non-hydrogen) atoms. The number of hydrogen-bond acceptors (Lipinski definition) is 3. The summed E-state index contributed by atoms with van der Waals surface area (Å²) in [5.41, 5.74) is 1.14. The van der Waals surface area contributed by atoms with Gasteiger partial charge < -0.3 is 14.5 Å². The number of anilines is 1. The second kappa shape index (κ2) is 6.56. The van der Waals surface area contributed by atoms with Crippen LogP contribution in [0.1, 0.15) is 20.8 Å². The van der Waals surface area contributed by atoms with Crippen molar-refractivity contribution in [3.63, 3.8) is 0 Å². The van der Waals surface area contributed by atoms with Crippen molar-refractivity contribution in [3.05, 3.63) is 27.8 Å². The van der Waals surface area contributed by atoms with E-state index in [1.54, 1.807) is 0 Å². The van der Waals surface area contributed by atoms with Crippen molar-refractivity contribution in [2.45, 2.75) is 51.0 Å². The van der Waals surface area contributed by atoms with Gasteiger partial charge >= 0.3 is 0 Å². The fourth-order valence-electron chi connectivity index (χ4n) is 2.13. The van der Waals surface area contributed by atoms with Crippen molar-refractivity contribution in [2.75, 3.05) is 18.5 Å². The minimum atomic E-state index is -1.76. The summed E-state index contributed by atoms with van der Waals surface area (Å²) in [5, 5.41) is 3.80. The minimum Gasteiger partial charge on any atom is -0.409 e. The van der Waals surface area contributed by atoms with E-state index in [-0.39, 0.29) is 17.2 Å². The van der Waals surface area contributed by atoms with Gasteiger partial charge in [0.2, 0.25) is 0 Å². The van der Waals surface area contributed by atoms with Gasteiger partial charge in [-0.25, -0.2) is 0 Å². The molecule has 118 valence electrons. The van der Waals surface area contributed by atoms with Gasteiger partial charge in [0.15, 0.2) is 8.32 Å². The summed E-state index contributed by atoms with van der Waals surface area (Å²) < 4.78 is 13.4. The molecule has 3 nitrogen and oxygen atoms in total. The quantitative estimate of drug-likeness (QED) is 0.576. The zero-order valence-electron chi connectivity index (χ0n) is 13.6. The summed E-state index contributed by atoms with van der Waals surface area (Å²) in [7, 11) is -1.76. The van der Waals surface area contributed by atoms with E-state index < -0.39 is 8.32 Å². The Morgan fingerprint density at radius 3 is 2.62 bits per heavy atom. The van der Waals surface area contributed by atoms with Crippen LogP contribution in [0.4, 0.5) is 5.69 Å². The standard InChI is InChI=1S/C16H26INO2Si/c1-16(2,3)21(4,5)20-15-11-19-10-14(15)18-13-8-6-7-12(17)9-13/h6-9,14-15,18H,10-11H2,1-5H3. The Morgan fingerprint density at radius 2 is 2.00 bits per heavy atom. The summed E-state index contributed by atoms with van der Waals surface area (Å²) in [6.07, 6.45) is 0.142. The molecule has 0 radical (unpaired) electrons. The summed E-state index contributed by atoms with van der Waals surface area (Å²) in [6, 6.07) is 8.66. The molecule has 1 fully saturated rings. The van der Waals surface area contributed by atoms with E-state index in [4.69, 9.17) is 9.16 Å². The van der Waals surface area contributed by atoms with Crippen LogP contribution < -0.4 is 5.32 Å². The number of hydrogen-bond donors (Lipinski definition) is 1. The molecule has 5 heteroatoms. The highest BCUT2D eigenvalue weighted by molar-refractivity contribution is 14.1. The molecule has 0 saturated carbocycles. The molecule has 1 heterocycles. The van der Waals surface area contributed by atoms with Crippen LogP contribution in [0, 0.1) is 3.57 Å². The molecular weight excluding hydrogens is 393 g/mol. The topological polar surface area (TPSA) is 30.5 Å². The lowest BCUT2D eigenvalue weighted by Gasteiger charge is -2.39. The van der Waals surface area contributed by atoms with Gasteiger partial charge in [0, 0.05) is 9.26 Å². The van der Waals surface area contributed by atoms with Gasteiger partial charge in [-0.15, -0.1) is 0 Å². The summed E-state index contributed by atoms with van der Waals surface area (Å²) in [5.74, 6) is 0. The maximum absolute atomic E-state index is 6.53. The number of halogens is 1. The van der Waals surface area contributed by atoms with Crippen LogP contribution in [0.15, 0.2) is 24.3 Å². The monoisotopic (exact) mass is 419 g/mol. The summed E-state index contributed by atoms with van der Waals surface area (Å²) in [4.78, 5) is 0. The van der Waals surface area contributed by atoms with Crippen molar-refractivity contribution in [3.8, 4) is 0 Å². The van der Waals surface area contributed by atoms with E-state index in [0.29, 0.717) is 13.2 Å². The fraction of sp³-hybridized carbons (Fsp3) is 0.625. The van der Waals surface area contributed by atoms with Gasteiger partial charge in [-0.1, -0.05) is 26.8 Å². The molecule has 1 aromatic carbocycles. The number of nitrogens with one attached hydrogen (secondary N) is 1. The Labute approximate surface area is 143 Å². The first-order chi connectivity index (χ1) is 9.69. The van der Waals surface area contributed by atoms with Gasteiger partial charge in [0.1, 0.15) is 0 Å². The molecule has 1 aromatic rings. The van der Waals surface area contributed by atoms with Gasteiger partial charge in [0.25, 0.3) is 0 Å². The first kappa shape index (κ1) is 17.2. The number of rotatable bonds is 4. The molecule has 1 N–H and O–H groups in total. The van der Waals surface area contributed by atoms with E-state index in [1.807, 2.05) is 0 Å². The maximum atomic E-state index is 6.53. The highest BCUT2D eigenvalue weighted by atomic mass is 127. The Bertz CT molecular complexity index is 487. The van der Waals surface area contributed by atoms with Crippen molar-refractivity contribution < 1.29 is 9.16 Å². The second-order valence-electron chi connectivity index (χ2n) is 7.22. The highest BCUT2D eigenvalue weighted by Crippen LogP contribution is 2.38. The predicted molar refractivity (Wildman–Crippen MR) is 99.5 cm³/mol. The SMILES string of the molecule is CC(C)(C)[Si](C)(C)OC1COCC1Nc1cccc(I)c1. The predicted octanol–water partition coefficient (Wildman–Crippen LogP) is 4.49. The highest BCUT2D eigenvalue weighted by Gasteiger charge is 2.42. The maximum Gasteiger partial charge on any atom is 0.192 e. The minimum absolute atomic E-state index is 0.142. The lowest BCUT2D eigenvalue weighted by atomic mass is 10.2. The van der Waals surface area contributed by atoms with Gasteiger partial charge in [-0.05, 0) is 58.9 Å². The van der Waals surface area contributed by atoms with Gasteiger partial charge in [-0.3, -0.25) is 0 Å². The molecule has 2 unspecified atom stereocenters. The van der Waals surface area contributed by atoms with E-state index >= 15 is 0 Å².